The second-order valence-corrected chi connectivity index (χ2v) is 7.35. The molecule has 1 N–H and O–H groups in total. The highest BCUT2D eigenvalue weighted by molar-refractivity contribution is 6.00. The van der Waals surface area contributed by atoms with Crippen LogP contribution in [-0.2, 0) is 4.84 Å². The van der Waals surface area contributed by atoms with Crippen molar-refractivity contribution in [3.63, 3.8) is 0 Å². The number of hydrogen-bond donors (Lipinski definition) is 1. The average molecular weight is 420 g/mol. The number of aliphatic hydroxyl groups is 1. The number of likely N-dealkylation sites (tertiary alicyclic amines) is 1. The van der Waals surface area contributed by atoms with E-state index in [1.165, 1.54) is 7.11 Å². The summed E-state index contributed by atoms with van der Waals surface area (Å²) in [7, 11) is 1.47. The molecule has 0 saturated carbocycles. The van der Waals surface area contributed by atoms with Crippen LogP contribution in [0.3, 0.4) is 0 Å². The number of benzene rings is 2. The normalized spacial score (nSPS) is 18.4. The highest BCUT2D eigenvalue weighted by Gasteiger charge is 2.38. The van der Waals surface area contributed by atoms with Crippen molar-refractivity contribution >= 4 is 11.6 Å². The molecule has 1 unspecified atom stereocenters. The highest BCUT2D eigenvalue weighted by Crippen LogP contribution is 2.32. The van der Waals surface area contributed by atoms with Crippen LogP contribution >= 0.6 is 0 Å². The molecule has 1 fully saturated rings. The van der Waals surface area contributed by atoms with Gasteiger partial charge in [-0.25, -0.2) is 0 Å². The van der Waals surface area contributed by atoms with Gasteiger partial charge >= 0.3 is 0 Å². The maximum absolute atomic E-state index is 13.3. The van der Waals surface area contributed by atoms with Gasteiger partial charge in [-0.1, -0.05) is 59.7 Å². The molecule has 8 nitrogen and oxygen atoms in total. The van der Waals surface area contributed by atoms with E-state index in [0.29, 0.717) is 30.7 Å². The number of nitrogens with zero attached hydrogens (tertiary/aromatic N) is 4. The molecule has 2 atom stereocenters. The van der Waals surface area contributed by atoms with Gasteiger partial charge in [-0.3, -0.25) is 4.79 Å². The summed E-state index contributed by atoms with van der Waals surface area (Å²) >= 11 is 0. The summed E-state index contributed by atoms with van der Waals surface area (Å²) < 4.78 is 5.38. The molecule has 0 spiro atoms. The fourth-order valence-electron chi connectivity index (χ4n) is 3.64. The molecule has 8 heteroatoms. The van der Waals surface area contributed by atoms with Gasteiger partial charge in [0.25, 0.3) is 5.91 Å². The van der Waals surface area contributed by atoms with Gasteiger partial charge in [0.2, 0.25) is 5.89 Å². The zero-order valence-corrected chi connectivity index (χ0v) is 17.4. The third kappa shape index (κ3) is 4.34. The van der Waals surface area contributed by atoms with Crippen LogP contribution in [0.2, 0.25) is 0 Å². The fourth-order valence-corrected chi connectivity index (χ4v) is 3.64. The molecule has 0 aliphatic carbocycles. The number of aromatic nitrogens is 2. The first-order valence-electron chi connectivity index (χ1n) is 10.2. The molecule has 2 heterocycles. The molecule has 1 aliphatic rings. The Bertz CT molecular complexity index is 1060. The standard InChI is InChI=1S/C23H24N4O4/c1-3-20(28)21-24-22(31-26-21)19-13-18(25-30-2)14-27(19)23(29)17-11-9-16(10-12-17)15-7-5-4-6-8-15/h4-12,19-20,28H,3,13-14H2,1-2H3/b25-18-/t19-,20?/m0/s1. The number of oxime groups is 1. The molecule has 1 saturated heterocycles. The van der Waals surface area contributed by atoms with E-state index in [0.717, 1.165) is 11.1 Å². The van der Waals surface area contributed by atoms with E-state index in [1.54, 1.807) is 4.90 Å². The number of carbonyl (C=O) groups is 1. The summed E-state index contributed by atoms with van der Waals surface area (Å²) in [4.78, 5) is 24.2. The minimum atomic E-state index is -0.805. The number of aliphatic hydroxyl groups excluding tert-OH is 1. The van der Waals surface area contributed by atoms with Gasteiger partial charge in [0.15, 0.2) is 5.82 Å². The van der Waals surface area contributed by atoms with Crippen LogP contribution in [0.5, 0.6) is 0 Å². The Morgan fingerprint density at radius 3 is 2.61 bits per heavy atom. The molecule has 0 radical (unpaired) electrons. The van der Waals surface area contributed by atoms with Crippen molar-refractivity contribution < 1.29 is 19.3 Å². The Morgan fingerprint density at radius 2 is 1.94 bits per heavy atom. The van der Waals surface area contributed by atoms with Gasteiger partial charge in [0.05, 0.1) is 12.3 Å². The second-order valence-electron chi connectivity index (χ2n) is 7.35. The first-order valence-corrected chi connectivity index (χ1v) is 10.2. The maximum Gasteiger partial charge on any atom is 0.254 e. The molecule has 1 aliphatic heterocycles. The van der Waals surface area contributed by atoms with E-state index in [-0.39, 0.29) is 17.6 Å². The molecule has 160 valence electrons. The Hall–Kier alpha value is -3.52. The van der Waals surface area contributed by atoms with Gasteiger partial charge in [0, 0.05) is 12.0 Å². The first-order chi connectivity index (χ1) is 15.1. The lowest BCUT2D eigenvalue weighted by molar-refractivity contribution is 0.0713. The Balaban J connectivity index is 1.60. The van der Waals surface area contributed by atoms with Crippen LogP contribution in [0.15, 0.2) is 64.3 Å². The molecule has 4 rings (SSSR count). The molecule has 0 bridgehead atoms. The van der Waals surface area contributed by atoms with Crippen LogP contribution in [-0.4, -0.2) is 45.4 Å². The van der Waals surface area contributed by atoms with E-state index in [2.05, 4.69) is 15.3 Å². The fraction of sp³-hybridized carbons (Fsp3) is 0.304. The van der Waals surface area contributed by atoms with Gasteiger partial charge in [0.1, 0.15) is 19.3 Å². The van der Waals surface area contributed by atoms with Crippen LogP contribution in [0.25, 0.3) is 11.1 Å². The number of amides is 1. The van der Waals surface area contributed by atoms with Crippen molar-refractivity contribution in [1.82, 2.24) is 15.0 Å². The molecule has 1 amide bonds. The Kier molecular flexibility index (Phi) is 6.08. The lowest BCUT2D eigenvalue weighted by Crippen LogP contribution is -2.31. The van der Waals surface area contributed by atoms with Crippen molar-refractivity contribution in [2.24, 2.45) is 5.16 Å². The predicted molar refractivity (Wildman–Crippen MR) is 114 cm³/mol. The third-order valence-electron chi connectivity index (χ3n) is 5.31. The van der Waals surface area contributed by atoms with Crippen molar-refractivity contribution in [1.29, 1.82) is 0 Å². The Labute approximate surface area is 180 Å². The first kappa shape index (κ1) is 20.7. The minimum Gasteiger partial charge on any atom is -0.399 e. The number of carbonyl (C=O) groups excluding carboxylic acids is 1. The van der Waals surface area contributed by atoms with Crippen LogP contribution in [0.1, 0.15) is 54.0 Å². The third-order valence-corrected chi connectivity index (χ3v) is 5.31. The lowest BCUT2D eigenvalue weighted by Gasteiger charge is -2.21. The molecular formula is C23H24N4O4. The van der Waals surface area contributed by atoms with E-state index in [9.17, 15) is 9.90 Å². The summed E-state index contributed by atoms with van der Waals surface area (Å²) in [5.41, 5.74) is 3.38. The van der Waals surface area contributed by atoms with E-state index < -0.39 is 12.1 Å². The smallest absolute Gasteiger partial charge is 0.254 e. The maximum atomic E-state index is 13.3. The summed E-state index contributed by atoms with van der Waals surface area (Å²) in [6, 6.07) is 17.0. The van der Waals surface area contributed by atoms with Crippen molar-refractivity contribution in [2.45, 2.75) is 31.9 Å². The summed E-state index contributed by atoms with van der Waals surface area (Å²) in [5.74, 6) is 0.328. The minimum absolute atomic E-state index is 0.165. The summed E-state index contributed by atoms with van der Waals surface area (Å²) in [6.07, 6.45) is 0.0859. The summed E-state index contributed by atoms with van der Waals surface area (Å²) in [5, 5.41) is 17.9. The second kappa shape index (κ2) is 9.09. The van der Waals surface area contributed by atoms with E-state index >= 15 is 0 Å². The summed E-state index contributed by atoms with van der Waals surface area (Å²) in [6.45, 7) is 2.13. The van der Waals surface area contributed by atoms with Crippen molar-refractivity contribution in [3.8, 4) is 11.1 Å². The predicted octanol–water partition coefficient (Wildman–Crippen LogP) is 3.77. The highest BCUT2D eigenvalue weighted by atomic mass is 16.6. The van der Waals surface area contributed by atoms with Crippen molar-refractivity contribution in [2.75, 3.05) is 13.7 Å². The molecule has 2 aromatic carbocycles. The van der Waals surface area contributed by atoms with Gasteiger partial charge in [-0.05, 0) is 29.7 Å². The molecule has 31 heavy (non-hydrogen) atoms. The average Bonchev–Trinajstić information content (AvgIpc) is 3.46. The molecular weight excluding hydrogens is 396 g/mol. The van der Waals surface area contributed by atoms with Gasteiger partial charge < -0.3 is 19.4 Å². The van der Waals surface area contributed by atoms with E-state index in [4.69, 9.17) is 9.36 Å². The zero-order chi connectivity index (χ0) is 21.8. The van der Waals surface area contributed by atoms with Gasteiger partial charge in [-0.15, -0.1) is 0 Å². The quantitative estimate of drug-likeness (QED) is 0.609. The van der Waals surface area contributed by atoms with Crippen LogP contribution in [0.4, 0.5) is 0 Å². The van der Waals surface area contributed by atoms with E-state index in [1.807, 2.05) is 61.5 Å². The number of rotatable bonds is 6. The molecule has 3 aromatic rings. The topological polar surface area (TPSA) is 101 Å². The molecule has 1 aromatic heterocycles. The lowest BCUT2D eigenvalue weighted by atomic mass is 10.0. The van der Waals surface area contributed by atoms with Crippen LogP contribution < -0.4 is 0 Å². The zero-order valence-electron chi connectivity index (χ0n) is 17.4. The Morgan fingerprint density at radius 1 is 1.23 bits per heavy atom. The SMILES string of the molecule is CCC(O)c1noc([C@@H]2C/C(=N/OC)CN2C(=O)c2ccc(-c3ccccc3)cc2)n1. The van der Waals surface area contributed by atoms with Crippen LogP contribution in [0, 0.1) is 0 Å². The van der Waals surface area contributed by atoms with Crippen molar-refractivity contribution in [3.05, 3.63) is 71.9 Å². The largest absolute Gasteiger partial charge is 0.399 e. The van der Waals surface area contributed by atoms with Gasteiger partial charge in [-0.2, -0.15) is 4.98 Å². The monoisotopic (exact) mass is 420 g/mol. The number of hydrogen-bond acceptors (Lipinski definition) is 7.